The van der Waals surface area contributed by atoms with E-state index in [2.05, 4.69) is 18.0 Å². The average Bonchev–Trinajstić information content (AvgIpc) is 3.55. The van der Waals surface area contributed by atoms with E-state index in [1.54, 1.807) is 20.9 Å². The fourth-order valence-electron chi connectivity index (χ4n) is 6.16. The van der Waals surface area contributed by atoms with E-state index in [0.717, 1.165) is 34.4 Å². The van der Waals surface area contributed by atoms with Gasteiger partial charge < -0.3 is 19.9 Å². The zero-order valence-electron chi connectivity index (χ0n) is 23.7. The van der Waals surface area contributed by atoms with Crippen molar-refractivity contribution in [1.29, 1.82) is 0 Å². The number of carbonyl (C=O) groups excluding carboxylic acids is 3. The number of nitrogens with one attached hydrogen (secondary N) is 1. The minimum absolute atomic E-state index is 0.0247. The molecule has 3 aromatic carbocycles. The van der Waals surface area contributed by atoms with Crippen molar-refractivity contribution in [2.75, 3.05) is 19.6 Å². The van der Waals surface area contributed by atoms with Crippen molar-refractivity contribution in [1.82, 2.24) is 25.1 Å². The summed E-state index contributed by atoms with van der Waals surface area (Å²) in [5, 5.41) is 6.28. The van der Waals surface area contributed by atoms with E-state index in [1.807, 2.05) is 79.7 Å². The quantitative estimate of drug-likeness (QED) is 0.419. The molecular weight excluding hydrogens is 530 g/mol. The maximum absolute atomic E-state index is 14.1. The zero-order valence-corrected chi connectivity index (χ0v) is 23.7. The minimum Gasteiger partial charge on any atom is -0.490 e. The summed E-state index contributed by atoms with van der Waals surface area (Å²) in [5.41, 5.74) is 3.77. The SMILES string of the molecule is C=CCN(C(=O)NCc1ccccc1)N1CC(=O)N2[C@@H](c3ccccc3)C(=O)N(Cc3cccc4c3OC(C)C4)C[C@@H]21. The number of para-hydroxylation sites is 1. The fraction of sp³-hybridized carbons (Fsp3) is 0.303. The Bertz CT molecular complexity index is 1480. The summed E-state index contributed by atoms with van der Waals surface area (Å²) < 4.78 is 6.13. The Kier molecular flexibility index (Phi) is 7.67. The van der Waals surface area contributed by atoms with Crippen LogP contribution in [0.4, 0.5) is 4.79 Å². The third-order valence-corrected chi connectivity index (χ3v) is 8.07. The Morgan fingerprint density at radius 3 is 2.52 bits per heavy atom. The van der Waals surface area contributed by atoms with Crippen LogP contribution in [0.5, 0.6) is 5.75 Å². The van der Waals surface area contributed by atoms with Gasteiger partial charge in [-0.1, -0.05) is 84.9 Å². The van der Waals surface area contributed by atoms with Crippen LogP contribution in [0.2, 0.25) is 0 Å². The Morgan fingerprint density at radius 1 is 1.05 bits per heavy atom. The molecule has 1 unspecified atom stereocenters. The molecule has 1 N–H and O–H groups in total. The lowest BCUT2D eigenvalue weighted by molar-refractivity contribution is -0.158. The molecule has 0 saturated carbocycles. The molecule has 4 amide bonds. The number of nitrogens with zero attached hydrogens (tertiary/aromatic N) is 4. The van der Waals surface area contributed by atoms with Crippen molar-refractivity contribution in [3.05, 3.63) is 114 Å². The number of benzene rings is 3. The highest BCUT2D eigenvalue weighted by atomic mass is 16.5. The highest BCUT2D eigenvalue weighted by Gasteiger charge is 2.52. The Labute approximate surface area is 245 Å². The Hall–Kier alpha value is -4.63. The van der Waals surface area contributed by atoms with Gasteiger partial charge in [-0.15, -0.1) is 6.58 Å². The molecule has 2 fully saturated rings. The van der Waals surface area contributed by atoms with Crippen molar-refractivity contribution < 1.29 is 19.1 Å². The molecule has 2 saturated heterocycles. The number of hydrazine groups is 1. The maximum atomic E-state index is 14.1. The fourth-order valence-corrected chi connectivity index (χ4v) is 6.16. The van der Waals surface area contributed by atoms with Crippen molar-refractivity contribution in [3.8, 4) is 5.75 Å². The molecule has 6 rings (SSSR count). The first kappa shape index (κ1) is 27.5. The third-order valence-electron chi connectivity index (χ3n) is 8.07. The van der Waals surface area contributed by atoms with Crippen LogP contribution in [0.3, 0.4) is 0 Å². The smallest absolute Gasteiger partial charge is 0.332 e. The monoisotopic (exact) mass is 565 g/mol. The summed E-state index contributed by atoms with van der Waals surface area (Å²) >= 11 is 0. The Morgan fingerprint density at radius 2 is 1.79 bits per heavy atom. The summed E-state index contributed by atoms with van der Waals surface area (Å²) in [5.74, 6) is 0.481. The van der Waals surface area contributed by atoms with Gasteiger partial charge in [0.15, 0.2) is 0 Å². The van der Waals surface area contributed by atoms with Gasteiger partial charge in [0.1, 0.15) is 24.1 Å². The van der Waals surface area contributed by atoms with Gasteiger partial charge in [-0.05, 0) is 23.6 Å². The standard InChI is InChI=1S/C33H35N5O4/c1-3-17-36(33(41)34-19-24-11-6-4-7-12-24)37-22-29(39)38-28(37)21-35(32(40)30(38)25-13-8-5-9-14-25)20-27-16-10-15-26-18-23(2)42-31(26)27/h3-16,23,28,30H,1,17-22H2,2H3,(H,34,41)/t23?,28-,30+/m1/s1. The predicted octanol–water partition coefficient (Wildman–Crippen LogP) is 3.88. The second-order valence-electron chi connectivity index (χ2n) is 11.0. The van der Waals surface area contributed by atoms with Gasteiger partial charge in [-0.2, -0.15) is 5.01 Å². The van der Waals surface area contributed by atoms with Crippen LogP contribution in [0.15, 0.2) is 91.5 Å². The summed E-state index contributed by atoms with van der Waals surface area (Å²) in [6.07, 6.45) is 2.01. The molecule has 3 aromatic rings. The van der Waals surface area contributed by atoms with E-state index < -0.39 is 12.2 Å². The van der Waals surface area contributed by atoms with Crippen LogP contribution in [0, 0.1) is 0 Å². The first-order valence-corrected chi connectivity index (χ1v) is 14.3. The van der Waals surface area contributed by atoms with Crippen LogP contribution in [0.1, 0.15) is 35.2 Å². The lowest BCUT2D eigenvalue weighted by Crippen LogP contribution is -2.62. The van der Waals surface area contributed by atoms with Crippen molar-refractivity contribution in [2.45, 2.75) is 44.7 Å². The van der Waals surface area contributed by atoms with Crippen LogP contribution in [0.25, 0.3) is 0 Å². The van der Waals surface area contributed by atoms with Crippen LogP contribution in [-0.2, 0) is 29.1 Å². The first-order valence-electron chi connectivity index (χ1n) is 14.3. The van der Waals surface area contributed by atoms with Gasteiger partial charge in [0.25, 0.3) is 5.91 Å². The van der Waals surface area contributed by atoms with Crippen LogP contribution >= 0.6 is 0 Å². The molecule has 0 bridgehead atoms. The predicted molar refractivity (Wildman–Crippen MR) is 158 cm³/mol. The normalized spacial score (nSPS) is 21.5. The van der Waals surface area contributed by atoms with Gasteiger partial charge in [0.2, 0.25) is 5.91 Å². The van der Waals surface area contributed by atoms with Crippen LogP contribution < -0.4 is 10.1 Å². The van der Waals surface area contributed by atoms with E-state index in [-0.39, 0.29) is 43.6 Å². The highest BCUT2D eigenvalue weighted by Crippen LogP contribution is 2.38. The molecule has 42 heavy (non-hydrogen) atoms. The van der Waals surface area contributed by atoms with Crippen LogP contribution in [-0.4, -0.2) is 69.6 Å². The molecule has 3 atom stereocenters. The summed E-state index contributed by atoms with van der Waals surface area (Å²) in [6.45, 7) is 7.01. The van der Waals surface area contributed by atoms with Gasteiger partial charge in [-0.25, -0.2) is 4.79 Å². The van der Waals surface area contributed by atoms with Crippen molar-refractivity contribution in [3.63, 3.8) is 0 Å². The molecule has 0 spiro atoms. The molecule has 9 heteroatoms. The second kappa shape index (κ2) is 11.7. The third kappa shape index (κ3) is 5.23. The van der Waals surface area contributed by atoms with E-state index in [0.29, 0.717) is 13.1 Å². The van der Waals surface area contributed by atoms with Crippen molar-refractivity contribution >= 4 is 17.8 Å². The summed E-state index contributed by atoms with van der Waals surface area (Å²) in [6, 6.07) is 23.9. The number of hydrogen-bond donors (Lipinski definition) is 1. The molecule has 3 heterocycles. The molecule has 0 radical (unpaired) electrons. The lowest BCUT2D eigenvalue weighted by atomic mass is 9.99. The molecule has 3 aliphatic heterocycles. The zero-order chi connectivity index (χ0) is 29.2. The van der Waals surface area contributed by atoms with Gasteiger partial charge in [0, 0.05) is 25.1 Å². The average molecular weight is 566 g/mol. The van der Waals surface area contributed by atoms with Gasteiger partial charge in [0.05, 0.1) is 19.6 Å². The second-order valence-corrected chi connectivity index (χ2v) is 11.0. The number of rotatable bonds is 8. The van der Waals surface area contributed by atoms with Gasteiger partial charge in [-0.3, -0.25) is 14.6 Å². The number of amides is 4. The molecule has 3 aliphatic rings. The number of carbonyl (C=O) groups is 3. The number of urea groups is 1. The number of piperazine rings is 1. The first-order chi connectivity index (χ1) is 20.4. The summed E-state index contributed by atoms with van der Waals surface area (Å²) in [7, 11) is 0. The lowest BCUT2D eigenvalue weighted by Gasteiger charge is -2.46. The Balaban J connectivity index is 1.31. The number of fused-ring (bicyclic) bond motifs is 2. The molecule has 216 valence electrons. The minimum atomic E-state index is -0.808. The molecular formula is C33H35N5O4. The highest BCUT2D eigenvalue weighted by molar-refractivity contribution is 5.92. The van der Waals surface area contributed by atoms with E-state index in [9.17, 15) is 14.4 Å². The largest absolute Gasteiger partial charge is 0.490 e. The molecule has 9 nitrogen and oxygen atoms in total. The van der Waals surface area contributed by atoms with Crippen molar-refractivity contribution in [2.24, 2.45) is 0 Å². The topological polar surface area (TPSA) is 85.4 Å². The molecule has 0 aromatic heterocycles. The van der Waals surface area contributed by atoms with Gasteiger partial charge >= 0.3 is 6.03 Å². The van der Waals surface area contributed by atoms with E-state index in [4.69, 9.17) is 4.74 Å². The summed E-state index contributed by atoms with van der Waals surface area (Å²) in [4.78, 5) is 44.7. The maximum Gasteiger partial charge on any atom is 0.332 e. The number of ether oxygens (including phenoxy) is 1. The van der Waals surface area contributed by atoms with E-state index in [1.165, 1.54) is 5.01 Å². The molecule has 0 aliphatic carbocycles. The van der Waals surface area contributed by atoms with E-state index >= 15 is 0 Å². The number of hydrogen-bond acceptors (Lipinski definition) is 5.